The van der Waals surface area contributed by atoms with E-state index in [0.29, 0.717) is 11.8 Å². The molecule has 0 atom stereocenters. The van der Waals surface area contributed by atoms with Crippen molar-refractivity contribution in [3.05, 3.63) is 0 Å². The third kappa shape index (κ3) is 3.08. The van der Waals surface area contributed by atoms with Crippen LogP contribution < -0.4 is 5.32 Å². The van der Waals surface area contributed by atoms with Gasteiger partial charge in [-0.3, -0.25) is 4.79 Å². The van der Waals surface area contributed by atoms with Gasteiger partial charge in [0, 0.05) is 17.2 Å². The Bertz CT molecular complexity index is 250. The van der Waals surface area contributed by atoms with Gasteiger partial charge in [-0.05, 0) is 25.7 Å². The lowest BCUT2D eigenvalue weighted by atomic mass is 9.81. The van der Waals surface area contributed by atoms with Gasteiger partial charge in [0.25, 0.3) is 0 Å². The van der Waals surface area contributed by atoms with Crippen molar-refractivity contribution in [1.29, 1.82) is 0 Å². The molecular weight excluding hydrogens is 257 g/mol. The molecule has 1 amide bonds. The van der Waals surface area contributed by atoms with E-state index < -0.39 is 5.54 Å². The summed E-state index contributed by atoms with van der Waals surface area (Å²) in [6, 6.07) is 0. The Hall–Kier alpha value is 0.0500. The predicted octanol–water partition coefficient (Wildman–Crippen LogP) is 3.70. The van der Waals surface area contributed by atoms with E-state index in [1.54, 1.807) is 0 Å². The lowest BCUT2D eigenvalue weighted by Gasteiger charge is -2.35. The molecule has 1 aliphatic carbocycles. The van der Waals surface area contributed by atoms with Crippen LogP contribution in [0, 0.1) is 5.41 Å². The second-order valence-corrected chi connectivity index (χ2v) is 5.73. The van der Waals surface area contributed by atoms with Crippen molar-refractivity contribution in [2.45, 2.75) is 57.9 Å². The zero-order valence-electron chi connectivity index (χ0n) is 10.8. The maximum Gasteiger partial charge on any atom is 0.226 e. The first-order valence-corrected chi connectivity index (χ1v) is 7.59. The Morgan fingerprint density at radius 2 is 1.76 bits per heavy atom. The van der Waals surface area contributed by atoms with Crippen molar-refractivity contribution in [3.63, 3.8) is 0 Å². The summed E-state index contributed by atoms with van der Waals surface area (Å²) >= 11 is 11.9. The molecule has 1 saturated carbocycles. The lowest BCUT2D eigenvalue weighted by molar-refractivity contribution is -0.132. The van der Waals surface area contributed by atoms with Crippen LogP contribution in [0.1, 0.15) is 52.4 Å². The molecule has 0 aromatic heterocycles. The van der Waals surface area contributed by atoms with E-state index in [0.717, 1.165) is 38.5 Å². The molecule has 2 nitrogen and oxygen atoms in total. The van der Waals surface area contributed by atoms with Crippen LogP contribution in [0.5, 0.6) is 0 Å². The molecule has 1 rings (SSSR count). The van der Waals surface area contributed by atoms with Gasteiger partial charge >= 0.3 is 0 Å². The molecular formula is C13H23Cl2NO. The number of alkyl halides is 2. The van der Waals surface area contributed by atoms with Crippen molar-refractivity contribution < 1.29 is 4.79 Å². The Labute approximate surface area is 114 Å². The predicted molar refractivity (Wildman–Crippen MR) is 73.8 cm³/mol. The molecule has 0 aliphatic heterocycles. The first-order chi connectivity index (χ1) is 8.08. The monoisotopic (exact) mass is 279 g/mol. The summed E-state index contributed by atoms with van der Waals surface area (Å²) in [6.07, 6.45) is 5.98. The summed E-state index contributed by atoms with van der Waals surface area (Å²) in [4.78, 5) is 12.5. The van der Waals surface area contributed by atoms with Gasteiger partial charge in [0.2, 0.25) is 5.91 Å². The number of nitrogens with one attached hydrogen (secondary N) is 1. The molecule has 4 heteroatoms. The molecule has 0 unspecified atom stereocenters. The minimum atomic E-state index is -0.440. The summed E-state index contributed by atoms with van der Waals surface area (Å²) in [7, 11) is 0. The van der Waals surface area contributed by atoms with Gasteiger partial charge in [-0.25, -0.2) is 0 Å². The molecule has 17 heavy (non-hydrogen) atoms. The Morgan fingerprint density at radius 1 is 1.24 bits per heavy atom. The first-order valence-electron chi connectivity index (χ1n) is 6.52. The summed E-state index contributed by atoms with van der Waals surface area (Å²) in [5, 5.41) is 3.11. The fourth-order valence-corrected chi connectivity index (χ4v) is 3.34. The van der Waals surface area contributed by atoms with Crippen molar-refractivity contribution >= 4 is 29.1 Å². The van der Waals surface area contributed by atoms with Crippen LogP contribution in [0.3, 0.4) is 0 Å². The van der Waals surface area contributed by atoms with E-state index in [1.165, 1.54) is 0 Å². The van der Waals surface area contributed by atoms with Crippen LogP contribution >= 0.6 is 23.2 Å². The molecule has 1 fully saturated rings. The molecule has 0 radical (unpaired) electrons. The quantitative estimate of drug-likeness (QED) is 0.738. The summed E-state index contributed by atoms with van der Waals surface area (Å²) in [5.41, 5.74) is -0.608. The number of amides is 1. The molecule has 0 aromatic carbocycles. The largest absolute Gasteiger partial charge is 0.348 e. The minimum Gasteiger partial charge on any atom is -0.348 e. The standard InChI is InChI=1S/C13H23Cl2NO/c1-3-12(7-5-6-8-12)11(17)16-13(4-2,9-14)10-15/h3-10H2,1-2H3,(H,16,17). The summed E-state index contributed by atoms with van der Waals surface area (Å²) in [5.74, 6) is 0.900. The van der Waals surface area contributed by atoms with Crippen LogP contribution in [-0.4, -0.2) is 23.2 Å². The second-order valence-electron chi connectivity index (χ2n) is 5.20. The summed E-state index contributed by atoms with van der Waals surface area (Å²) in [6.45, 7) is 4.11. The van der Waals surface area contributed by atoms with E-state index >= 15 is 0 Å². The lowest BCUT2D eigenvalue weighted by Crippen LogP contribution is -2.55. The number of hydrogen-bond acceptors (Lipinski definition) is 1. The zero-order valence-corrected chi connectivity index (χ0v) is 12.3. The molecule has 1 N–H and O–H groups in total. The molecule has 1 aliphatic rings. The molecule has 0 aromatic rings. The number of rotatable bonds is 6. The first kappa shape index (κ1) is 15.1. The second kappa shape index (κ2) is 6.29. The van der Waals surface area contributed by atoms with Crippen LogP contribution in [0.2, 0.25) is 0 Å². The van der Waals surface area contributed by atoms with Gasteiger partial charge in [-0.2, -0.15) is 0 Å². The van der Waals surface area contributed by atoms with Crippen molar-refractivity contribution in [2.24, 2.45) is 5.41 Å². The molecule has 0 heterocycles. The average Bonchev–Trinajstić information content (AvgIpc) is 2.86. The molecule has 0 bridgehead atoms. The zero-order chi connectivity index (χ0) is 12.9. The van der Waals surface area contributed by atoms with E-state index in [-0.39, 0.29) is 11.3 Å². The normalized spacial score (nSPS) is 19.3. The Morgan fingerprint density at radius 3 is 2.12 bits per heavy atom. The molecule has 0 spiro atoms. The van der Waals surface area contributed by atoms with Crippen LogP contribution in [0.4, 0.5) is 0 Å². The SMILES string of the molecule is CCC(CCl)(CCl)NC(=O)C1(CC)CCCC1. The number of hydrogen-bond donors (Lipinski definition) is 1. The highest BCUT2D eigenvalue weighted by Gasteiger charge is 2.42. The third-order valence-corrected chi connectivity index (χ3v) is 5.31. The maximum absolute atomic E-state index is 12.5. The van der Waals surface area contributed by atoms with Crippen molar-refractivity contribution in [2.75, 3.05) is 11.8 Å². The molecule has 100 valence electrons. The van der Waals surface area contributed by atoms with E-state index in [1.807, 2.05) is 6.92 Å². The Balaban J connectivity index is 2.75. The fourth-order valence-electron chi connectivity index (χ4n) is 2.55. The topological polar surface area (TPSA) is 29.1 Å². The van der Waals surface area contributed by atoms with Gasteiger partial charge < -0.3 is 5.32 Å². The number of halogens is 2. The van der Waals surface area contributed by atoms with E-state index in [2.05, 4.69) is 12.2 Å². The van der Waals surface area contributed by atoms with Gasteiger partial charge in [0.1, 0.15) is 0 Å². The van der Waals surface area contributed by atoms with Crippen LogP contribution in [0.25, 0.3) is 0 Å². The fraction of sp³-hybridized carbons (Fsp3) is 0.923. The third-order valence-electron chi connectivity index (χ3n) is 4.29. The van der Waals surface area contributed by atoms with E-state index in [9.17, 15) is 4.79 Å². The van der Waals surface area contributed by atoms with Gasteiger partial charge in [-0.15, -0.1) is 23.2 Å². The van der Waals surface area contributed by atoms with Crippen LogP contribution in [0.15, 0.2) is 0 Å². The van der Waals surface area contributed by atoms with Gasteiger partial charge in [0.15, 0.2) is 0 Å². The minimum absolute atomic E-state index is 0.153. The Kier molecular flexibility index (Phi) is 5.59. The highest BCUT2D eigenvalue weighted by Crippen LogP contribution is 2.41. The van der Waals surface area contributed by atoms with Crippen molar-refractivity contribution in [3.8, 4) is 0 Å². The van der Waals surface area contributed by atoms with Gasteiger partial charge in [0.05, 0.1) is 5.54 Å². The average molecular weight is 280 g/mol. The van der Waals surface area contributed by atoms with Crippen LogP contribution in [-0.2, 0) is 4.79 Å². The number of carbonyl (C=O) groups excluding carboxylic acids is 1. The maximum atomic E-state index is 12.5. The summed E-state index contributed by atoms with van der Waals surface area (Å²) < 4.78 is 0. The highest BCUT2D eigenvalue weighted by molar-refractivity contribution is 6.22. The highest BCUT2D eigenvalue weighted by atomic mass is 35.5. The molecule has 0 saturated heterocycles. The smallest absolute Gasteiger partial charge is 0.226 e. The van der Waals surface area contributed by atoms with Crippen molar-refractivity contribution in [1.82, 2.24) is 5.32 Å². The van der Waals surface area contributed by atoms with Gasteiger partial charge in [-0.1, -0.05) is 26.7 Å². The van der Waals surface area contributed by atoms with E-state index in [4.69, 9.17) is 23.2 Å². The number of carbonyl (C=O) groups is 1.